The van der Waals surface area contributed by atoms with E-state index in [2.05, 4.69) is 5.32 Å². The molecule has 1 fully saturated rings. The topological polar surface area (TPSA) is 21.3 Å². The molecule has 0 heterocycles. The number of rotatable bonds is 5. The van der Waals surface area contributed by atoms with Gasteiger partial charge in [-0.25, -0.2) is 8.78 Å². The maximum atomic E-state index is 14.2. The van der Waals surface area contributed by atoms with Crippen LogP contribution >= 0.6 is 0 Å². The van der Waals surface area contributed by atoms with Gasteiger partial charge in [-0.15, -0.1) is 0 Å². The summed E-state index contributed by atoms with van der Waals surface area (Å²) in [5, 5.41) is 3.33. The molecule has 1 aliphatic rings. The predicted molar refractivity (Wildman–Crippen MR) is 78.2 cm³/mol. The molecule has 0 unspecified atom stereocenters. The number of hydrogen-bond donors (Lipinski definition) is 1. The molecular formula is C17H17F2NO. The molecule has 0 atom stereocenters. The van der Waals surface area contributed by atoms with Gasteiger partial charge in [-0.05, 0) is 36.6 Å². The van der Waals surface area contributed by atoms with Gasteiger partial charge in [-0.3, -0.25) is 0 Å². The van der Waals surface area contributed by atoms with E-state index in [0.717, 1.165) is 5.56 Å². The Hall–Kier alpha value is -1.94. The fraction of sp³-hybridized carbons (Fsp3) is 0.294. The lowest BCUT2D eigenvalue weighted by molar-refractivity contribution is 0.411. The minimum absolute atomic E-state index is 0.245. The molecule has 0 aliphatic heterocycles. The summed E-state index contributed by atoms with van der Waals surface area (Å²) in [6.45, 7) is 0.646. The van der Waals surface area contributed by atoms with E-state index in [-0.39, 0.29) is 11.1 Å². The Balaban J connectivity index is 1.84. The van der Waals surface area contributed by atoms with Crippen molar-refractivity contribution in [2.24, 2.45) is 0 Å². The molecule has 3 rings (SSSR count). The molecule has 21 heavy (non-hydrogen) atoms. The Labute approximate surface area is 122 Å². The van der Waals surface area contributed by atoms with Crippen LogP contribution in [0.3, 0.4) is 0 Å². The first-order chi connectivity index (χ1) is 10.2. The monoisotopic (exact) mass is 289 g/mol. The molecule has 110 valence electrons. The third-order valence-electron chi connectivity index (χ3n) is 3.67. The van der Waals surface area contributed by atoms with Crippen LogP contribution in [0.15, 0.2) is 36.4 Å². The third kappa shape index (κ3) is 3.22. The maximum absolute atomic E-state index is 14.2. The first-order valence-corrected chi connectivity index (χ1v) is 7.03. The predicted octanol–water partition coefficient (Wildman–Crippen LogP) is 3.89. The molecule has 1 aliphatic carbocycles. The number of halogens is 2. The summed E-state index contributed by atoms with van der Waals surface area (Å²) in [4.78, 5) is 0. The average molecular weight is 289 g/mol. The van der Waals surface area contributed by atoms with Crippen LogP contribution in [0.2, 0.25) is 0 Å². The molecule has 1 saturated carbocycles. The fourth-order valence-corrected chi connectivity index (χ4v) is 2.28. The van der Waals surface area contributed by atoms with Crippen molar-refractivity contribution in [2.75, 3.05) is 7.11 Å². The molecule has 0 spiro atoms. The Morgan fingerprint density at radius 3 is 2.29 bits per heavy atom. The van der Waals surface area contributed by atoms with Gasteiger partial charge in [-0.2, -0.15) is 0 Å². The van der Waals surface area contributed by atoms with Crippen molar-refractivity contribution in [3.8, 4) is 16.9 Å². The first-order valence-electron chi connectivity index (χ1n) is 7.03. The number of nitrogens with one attached hydrogen (secondary N) is 1. The second kappa shape index (κ2) is 5.82. The maximum Gasteiger partial charge on any atom is 0.134 e. The smallest absolute Gasteiger partial charge is 0.134 e. The zero-order valence-electron chi connectivity index (χ0n) is 11.8. The standard InChI is InChI=1S/C17H17F2NO/c1-21-13-5-7-15(17(19)9-13)14-6-2-11(8-16(14)18)10-20-12-3-4-12/h2,5-9,12,20H,3-4,10H2,1H3. The fourth-order valence-electron chi connectivity index (χ4n) is 2.28. The van der Waals surface area contributed by atoms with Gasteiger partial charge in [-0.1, -0.05) is 12.1 Å². The van der Waals surface area contributed by atoms with Gasteiger partial charge < -0.3 is 10.1 Å². The van der Waals surface area contributed by atoms with E-state index in [1.807, 2.05) is 6.07 Å². The van der Waals surface area contributed by atoms with Crippen molar-refractivity contribution in [3.63, 3.8) is 0 Å². The van der Waals surface area contributed by atoms with Crippen LogP contribution < -0.4 is 10.1 Å². The van der Waals surface area contributed by atoms with Crippen LogP contribution in [0.4, 0.5) is 8.78 Å². The lowest BCUT2D eigenvalue weighted by atomic mass is 10.0. The largest absolute Gasteiger partial charge is 0.497 e. The quantitative estimate of drug-likeness (QED) is 0.901. The minimum atomic E-state index is -0.489. The van der Waals surface area contributed by atoms with Crippen molar-refractivity contribution in [1.29, 1.82) is 0 Å². The molecule has 2 aromatic carbocycles. The Morgan fingerprint density at radius 2 is 1.71 bits per heavy atom. The van der Waals surface area contributed by atoms with Gasteiger partial charge in [0.05, 0.1) is 7.11 Å². The van der Waals surface area contributed by atoms with Crippen LogP contribution in [0.25, 0.3) is 11.1 Å². The van der Waals surface area contributed by atoms with Crippen LogP contribution in [-0.4, -0.2) is 13.2 Å². The summed E-state index contributed by atoms with van der Waals surface area (Å²) in [6.07, 6.45) is 2.38. The van der Waals surface area contributed by atoms with E-state index in [9.17, 15) is 8.78 Å². The van der Waals surface area contributed by atoms with Crippen molar-refractivity contribution in [2.45, 2.75) is 25.4 Å². The highest BCUT2D eigenvalue weighted by atomic mass is 19.1. The van der Waals surface area contributed by atoms with Gasteiger partial charge in [0.1, 0.15) is 17.4 Å². The summed E-state index contributed by atoms with van der Waals surface area (Å²) in [5.74, 6) is -0.479. The molecule has 0 bridgehead atoms. The summed E-state index contributed by atoms with van der Waals surface area (Å²) in [6, 6.07) is 9.93. The average Bonchev–Trinajstić information content (AvgIpc) is 3.30. The van der Waals surface area contributed by atoms with E-state index in [4.69, 9.17) is 4.74 Å². The first kappa shape index (κ1) is 14.0. The van der Waals surface area contributed by atoms with Crippen LogP contribution in [0, 0.1) is 11.6 Å². The second-order valence-electron chi connectivity index (χ2n) is 5.32. The SMILES string of the molecule is COc1ccc(-c2ccc(CNC3CC3)cc2F)c(F)c1. The Morgan fingerprint density at radius 1 is 1.05 bits per heavy atom. The number of benzene rings is 2. The Kier molecular flexibility index (Phi) is 3.88. The normalized spacial score (nSPS) is 14.2. The van der Waals surface area contributed by atoms with E-state index in [1.54, 1.807) is 12.1 Å². The highest BCUT2D eigenvalue weighted by molar-refractivity contribution is 5.66. The number of ether oxygens (including phenoxy) is 1. The van der Waals surface area contributed by atoms with Gasteiger partial charge in [0, 0.05) is 29.8 Å². The third-order valence-corrected chi connectivity index (χ3v) is 3.67. The van der Waals surface area contributed by atoms with Crippen LogP contribution in [-0.2, 0) is 6.54 Å². The molecule has 2 nitrogen and oxygen atoms in total. The summed E-state index contributed by atoms with van der Waals surface area (Å²) >= 11 is 0. The summed E-state index contributed by atoms with van der Waals surface area (Å²) in [5.41, 5.74) is 1.39. The van der Waals surface area contributed by atoms with Crippen molar-refractivity contribution in [3.05, 3.63) is 53.6 Å². The Bertz CT molecular complexity index is 653. The minimum Gasteiger partial charge on any atom is -0.497 e. The van der Waals surface area contributed by atoms with E-state index in [1.165, 1.54) is 38.2 Å². The molecule has 2 aromatic rings. The summed E-state index contributed by atoms with van der Waals surface area (Å²) < 4.78 is 33.2. The molecule has 0 radical (unpaired) electrons. The highest BCUT2D eigenvalue weighted by Gasteiger charge is 2.20. The molecule has 4 heteroatoms. The molecule has 0 aromatic heterocycles. The number of methoxy groups -OCH3 is 1. The molecule has 1 N–H and O–H groups in total. The lowest BCUT2D eigenvalue weighted by Crippen LogP contribution is -2.15. The number of hydrogen-bond acceptors (Lipinski definition) is 2. The van der Waals surface area contributed by atoms with Gasteiger partial charge in [0.25, 0.3) is 0 Å². The van der Waals surface area contributed by atoms with E-state index < -0.39 is 11.6 Å². The van der Waals surface area contributed by atoms with Crippen LogP contribution in [0.5, 0.6) is 5.75 Å². The van der Waals surface area contributed by atoms with E-state index >= 15 is 0 Å². The highest BCUT2D eigenvalue weighted by Crippen LogP contribution is 2.29. The second-order valence-corrected chi connectivity index (χ2v) is 5.32. The van der Waals surface area contributed by atoms with Gasteiger partial charge in [0.15, 0.2) is 0 Å². The van der Waals surface area contributed by atoms with Crippen molar-refractivity contribution < 1.29 is 13.5 Å². The molecule has 0 saturated heterocycles. The van der Waals surface area contributed by atoms with Crippen molar-refractivity contribution >= 4 is 0 Å². The zero-order chi connectivity index (χ0) is 14.8. The zero-order valence-corrected chi connectivity index (χ0v) is 11.8. The van der Waals surface area contributed by atoms with Gasteiger partial charge in [0.2, 0.25) is 0 Å². The summed E-state index contributed by atoms with van der Waals surface area (Å²) in [7, 11) is 1.47. The molecule has 0 amide bonds. The van der Waals surface area contributed by atoms with Crippen LogP contribution in [0.1, 0.15) is 18.4 Å². The van der Waals surface area contributed by atoms with E-state index in [0.29, 0.717) is 18.3 Å². The van der Waals surface area contributed by atoms with Crippen molar-refractivity contribution in [1.82, 2.24) is 5.32 Å². The van der Waals surface area contributed by atoms with Gasteiger partial charge >= 0.3 is 0 Å². The molecular weight excluding hydrogens is 272 g/mol. The lowest BCUT2D eigenvalue weighted by Gasteiger charge is -2.09.